The van der Waals surface area contributed by atoms with E-state index in [0.717, 1.165) is 5.69 Å². The van der Waals surface area contributed by atoms with E-state index in [4.69, 9.17) is 11.0 Å². The van der Waals surface area contributed by atoms with E-state index in [1.165, 1.54) is 0 Å². The second-order valence-corrected chi connectivity index (χ2v) is 4.15. The fraction of sp³-hybridized carbons (Fsp3) is 0.333. The van der Waals surface area contributed by atoms with E-state index in [0.29, 0.717) is 23.8 Å². The summed E-state index contributed by atoms with van der Waals surface area (Å²) >= 11 is 0. The molecule has 0 aliphatic rings. The molecule has 7 nitrogen and oxygen atoms in total. The predicted molar refractivity (Wildman–Crippen MR) is 67.7 cm³/mol. The minimum absolute atomic E-state index is 0.00945. The number of nitrogens with zero attached hydrogens (tertiary/aromatic N) is 5. The molecule has 2 aromatic rings. The lowest BCUT2D eigenvalue weighted by Gasteiger charge is -2.03. The molecule has 2 aromatic heterocycles. The third-order valence-electron chi connectivity index (χ3n) is 2.71. The van der Waals surface area contributed by atoms with Gasteiger partial charge in [-0.1, -0.05) is 0 Å². The van der Waals surface area contributed by atoms with E-state index >= 15 is 0 Å². The van der Waals surface area contributed by atoms with Gasteiger partial charge >= 0.3 is 0 Å². The maximum atomic E-state index is 10.9. The largest absolute Gasteiger partial charge is 0.369 e. The molecule has 0 spiro atoms. The molecule has 0 saturated heterocycles. The monoisotopic (exact) mass is 258 g/mol. The molecule has 1 amide bonds. The van der Waals surface area contributed by atoms with Gasteiger partial charge in [0.05, 0.1) is 17.7 Å². The van der Waals surface area contributed by atoms with Crippen LogP contribution in [0.15, 0.2) is 12.3 Å². The van der Waals surface area contributed by atoms with Gasteiger partial charge in [0, 0.05) is 19.8 Å². The van der Waals surface area contributed by atoms with Gasteiger partial charge in [-0.25, -0.2) is 9.67 Å². The Bertz CT molecular complexity index is 660. The number of carbonyl (C=O) groups is 1. The highest BCUT2D eigenvalue weighted by atomic mass is 16.1. The Hall–Kier alpha value is -2.62. The third-order valence-corrected chi connectivity index (χ3v) is 2.71. The SMILES string of the molecule is CCn1nc(CC(N)=O)nc1-c1cc(C#N)cn1C. The molecule has 2 heterocycles. The van der Waals surface area contributed by atoms with Gasteiger partial charge in [-0.3, -0.25) is 4.79 Å². The molecule has 98 valence electrons. The first kappa shape index (κ1) is 12.8. The van der Waals surface area contributed by atoms with Gasteiger partial charge in [0.1, 0.15) is 6.07 Å². The van der Waals surface area contributed by atoms with Crippen LogP contribution in [0.25, 0.3) is 11.5 Å². The zero-order valence-electron chi connectivity index (χ0n) is 10.8. The van der Waals surface area contributed by atoms with Crippen LogP contribution in [-0.2, 0) is 24.8 Å². The van der Waals surface area contributed by atoms with Crippen molar-refractivity contribution in [3.8, 4) is 17.6 Å². The van der Waals surface area contributed by atoms with Crippen molar-refractivity contribution in [1.29, 1.82) is 5.26 Å². The molecule has 0 saturated carbocycles. The van der Waals surface area contributed by atoms with Crippen molar-refractivity contribution in [2.45, 2.75) is 19.9 Å². The van der Waals surface area contributed by atoms with E-state index in [1.807, 2.05) is 18.5 Å². The molecular formula is C12H14N6O. The quantitative estimate of drug-likeness (QED) is 0.846. The number of aromatic nitrogens is 4. The van der Waals surface area contributed by atoms with Gasteiger partial charge in [0.15, 0.2) is 11.6 Å². The number of hydrogen-bond acceptors (Lipinski definition) is 4. The first-order chi connectivity index (χ1) is 9.05. The Morgan fingerprint density at radius 2 is 2.32 bits per heavy atom. The van der Waals surface area contributed by atoms with Gasteiger partial charge < -0.3 is 10.3 Å². The van der Waals surface area contributed by atoms with Gasteiger partial charge in [0.25, 0.3) is 0 Å². The van der Waals surface area contributed by atoms with Gasteiger partial charge in [-0.05, 0) is 13.0 Å². The van der Waals surface area contributed by atoms with Crippen LogP contribution in [-0.4, -0.2) is 25.2 Å². The average molecular weight is 258 g/mol. The molecule has 0 aliphatic carbocycles. The van der Waals surface area contributed by atoms with Crippen LogP contribution in [0.3, 0.4) is 0 Å². The van der Waals surface area contributed by atoms with Gasteiger partial charge in [-0.2, -0.15) is 10.4 Å². The summed E-state index contributed by atoms with van der Waals surface area (Å²) in [5, 5.41) is 13.1. The van der Waals surface area contributed by atoms with Crippen molar-refractivity contribution in [1.82, 2.24) is 19.3 Å². The maximum Gasteiger partial charge on any atom is 0.225 e. The summed E-state index contributed by atoms with van der Waals surface area (Å²) < 4.78 is 3.50. The Kier molecular flexibility index (Phi) is 3.33. The molecular weight excluding hydrogens is 244 g/mol. The number of carbonyl (C=O) groups excluding carboxylic acids is 1. The van der Waals surface area contributed by atoms with Crippen molar-refractivity contribution < 1.29 is 4.79 Å². The van der Waals surface area contributed by atoms with E-state index in [1.54, 1.807) is 16.9 Å². The van der Waals surface area contributed by atoms with Crippen LogP contribution in [0, 0.1) is 11.3 Å². The molecule has 0 bridgehead atoms. The van der Waals surface area contributed by atoms with Crippen LogP contribution in [0.4, 0.5) is 0 Å². The average Bonchev–Trinajstić information content (AvgIpc) is 2.91. The smallest absolute Gasteiger partial charge is 0.225 e. The van der Waals surface area contributed by atoms with Crippen molar-refractivity contribution in [2.24, 2.45) is 12.8 Å². The summed E-state index contributed by atoms with van der Waals surface area (Å²) in [6, 6.07) is 3.82. The lowest BCUT2D eigenvalue weighted by molar-refractivity contribution is -0.117. The van der Waals surface area contributed by atoms with Crippen LogP contribution < -0.4 is 5.73 Å². The van der Waals surface area contributed by atoms with E-state index in [9.17, 15) is 4.79 Å². The van der Waals surface area contributed by atoms with Crippen LogP contribution in [0.2, 0.25) is 0 Å². The number of nitrogens with two attached hydrogens (primary N) is 1. The number of nitriles is 1. The van der Waals surface area contributed by atoms with Crippen LogP contribution >= 0.6 is 0 Å². The summed E-state index contributed by atoms with van der Waals surface area (Å²) in [4.78, 5) is 15.2. The molecule has 0 unspecified atom stereocenters. The highest BCUT2D eigenvalue weighted by molar-refractivity contribution is 5.75. The maximum absolute atomic E-state index is 10.9. The highest BCUT2D eigenvalue weighted by Crippen LogP contribution is 2.20. The van der Waals surface area contributed by atoms with E-state index in [2.05, 4.69) is 16.2 Å². The number of aryl methyl sites for hydroxylation is 2. The summed E-state index contributed by atoms with van der Waals surface area (Å²) in [6.45, 7) is 2.55. The molecule has 19 heavy (non-hydrogen) atoms. The molecule has 0 radical (unpaired) electrons. The van der Waals surface area contributed by atoms with E-state index in [-0.39, 0.29) is 6.42 Å². The van der Waals surface area contributed by atoms with Crippen molar-refractivity contribution in [3.05, 3.63) is 23.7 Å². The molecule has 7 heteroatoms. The number of hydrogen-bond donors (Lipinski definition) is 1. The molecule has 0 aromatic carbocycles. The summed E-state index contributed by atoms with van der Waals surface area (Å²) in [5.74, 6) is 0.552. The number of primary amides is 1. The summed E-state index contributed by atoms with van der Waals surface area (Å²) in [5.41, 5.74) is 6.48. The second-order valence-electron chi connectivity index (χ2n) is 4.15. The highest BCUT2D eigenvalue weighted by Gasteiger charge is 2.15. The fourth-order valence-electron chi connectivity index (χ4n) is 1.88. The third kappa shape index (κ3) is 2.47. The molecule has 0 fully saturated rings. The van der Waals surface area contributed by atoms with Gasteiger partial charge in [0.2, 0.25) is 5.91 Å². The van der Waals surface area contributed by atoms with Crippen LogP contribution in [0.5, 0.6) is 0 Å². The predicted octanol–water partition coefficient (Wildman–Crippen LogP) is 0.203. The first-order valence-corrected chi connectivity index (χ1v) is 5.84. The lowest BCUT2D eigenvalue weighted by Crippen LogP contribution is -2.14. The Morgan fingerprint density at radius 1 is 1.58 bits per heavy atom. The molecule has 0 aliphatic heterocycles. The lowest BCUT2D eigenvalue weighted by atomic mass is 10.3. The Labute approximate surface area is 110 Å². The van der Waals surface area contributed by atoms with Gasteiger partial charge in [-0.15, -0.1) is 0 Å². The molecule has 0 atom stereocenters. The Balaban J connectivity index is 2.48. The van der Waals surface area contributed by atoms with Crippen LogP contribution in [0.1, 0.15) is 18.3 Å². The number of amides is 1. The fourth-order valence-corrected chi connectivity index (χ4v) is 1.88. The first-order valence-electron chi connectivity index (χ1n) is 5.84. The van der Waals surface area contributed by atoms with Crippen molar-refractivity contribution in [2.75, 3.05) is 0 Å². The Morgan fingerprint density at radius 3 is 2.84 bits per heavy atom. The second kappa shape index (κ2) is 4.94. The number of rotatable bonds is 4. The molecule has 2 rings (SSSR count). The summed E-state index contributed by atoms with van der Waals surface area (Å²) in [6.07, 6.45) is 1.73. The standard InChI is InChI=1S/C12H14N6O/c1-3-18-12(15-11(16-18)5-10(14)19)9-4-8(6-13)7-17(9)2/h4,7H,3,5H2,1-2H3,(H2,14,19). The minimum atomic E-state index is -0.468. The van der Waals surface area contributed by atoms with Crippen molar-refractivity contribution in [3.63, 3.8) is 0 Å². The zero-order valence-corrected chi connectivity index (χ0v) is 10.8. The minimum Gasteiger partial charge on any atom is -0.369 e. The topological polar surface area (TPSA) is 103 Å². The zero-order chi connectivity index (χ0) is 14.0. The van der Waals surface area contributed by atoms with Crippen molar-refractivity contribution >= 4 is 5.91 Å². The van der Waals surface area contributed by atoms with E-state index < -0.39 is 5.91 Å². The normalized spacial score (nSPS) is 10.4. The molecule has 2 N–H and O–H groups in total. The summed E-state index contributed by atoms with van der Waals surface area (Å²) in [7, 11) is 1.83.